The maximum absolute atomic E-state index is 11.9. The monoisotopic (exact) mass is 289 g/mol. The Morgan fingerprint density at radius 2 is 1.85 bits per heavy atom. The molecule has 2 rings (SSSR count). The van der Waals surface area contributed by atoms with Crippen LogP contribution in [0.4, 0.5) is 0 Å². The molecule has 1 N–H and O–H groups in total. The Hall–Kier alpha value is -2.00. The predicted molar refractivity (Wildman–Crippen MR) is 80.5 cm³/mol. The maximum Gasteiger partial charge on any atom is 0.252 e. The lowest BCUT2D eigenvalue weighted by molar-refractivity contribution is 0.0947. The minimum Gasteiger partial charge on any atom is -0.491 e. The van der Waals surface area contributed by atoms with Crippen molar-refractivity contribution in [2.45, 2.75) is 6.92 Å². The van der Waals surface area contributed by atoms with E-state index in [4.69, 9.17) is 16.3 Å². The number of hydrogen-bond acceptors (Lipinski definition) is 2. The quantitative estimate of drug-likeness (QED) is 0.856. The van der Waals surface area contributed by atoms with Crippen molar-refractivity contribution >= 4 is 17.5 Å². The molecule has 0 aliphatic rings. The Kier molecular flexibility index (Phi) is 5.02. The number of nitrogens with one attached hydrogen (secondary N) is 1. The summed E-state index contributed by atoms with van der Waals surface area (Å²) in [7, 11) is 0. The average molecular weight is 290 g/mol. The summed E-state index contributed by atoms with van der Waals surface area (Å²) >= 11 is 5.96. The molecule has 20 heavy (non-hydrogen) atoms. The van der Waals surface area contributed by atoms with Crippen molar-refractivity contribution < 1.29 is 9.53 Å². The zero-order chi connectivity index (χ0) is 14.4. The number of rotatable bonds is 5. The zero-order valence-electron chi connectivity index (χ0n) is 11.2. The van der Waals surface area contributed by atoms with Crippen LogP contribution in [-0.4, -0.2) is 19.1 Å². The summed E-state index contributed by atoms with van der Waals surface area (Å²) in [5, 5.41) is 3.23. The van der Waals surface area contributed by atoms with Gasteiger partial charge in [0.15, 0.2) is 0 Å². The highest BCUT2D eigenvalue weighted by Gasteiger charge is 2.08. The van der Waals surface area contributed by atoms with Crippen LogP contribution in [0.25, 0.3) is 0 Å². The second-order valence-corrected chi connectivity index (χ2v) is 4.76. The molecular weight excluding hydrogens is 274 g/mol. The van der Waals surface area contributed by atoms with E-state index in [0.717, 1.165) is 11.3 Å². The number of para-hydroxylation sites is 1. The Morgan fingerprint density at radius 1 is 1.15 bits per heavy atom. The van der Waals surface area contributed by atoms with Crippen LogP contribution in [0, 0.1) is 6.92 Å². The molecule has 0 atom stereocenters. The molecule has 0 heterocycles. The first-order chi connectivity index (χ1) is 9.68. The Bertz CT molecular complexity index is 599. The van der Waals surface area contributed by atoms with Gasteiger partial charge in [0, 0.05) is 0 Å². The van der Waals surface area contributed by atoms with Crippen LogP contribution in [0.15, 0.2) is 48.5 Å². The molecule has 104 valence electrons. The van der Waals surface area contributed by atoms with Crippen molar-refractivity contribution in [1.82, 2.24) is 5.32 Å². The summed E-state index contributed by atoms with van der Waals surface area (Å²) in [4.78, 5) is 11.9. The summed E-state index contributed by atoms with van der Waals surface area (Å²) in [6.07, 6.45) is 0. The van der Waals surface area contributed by atoms with Crippen molar-refractivity contribution in [3.8, 4) is 5.75 Å². The molecule has 0 aromatic heterocycles. The molecular formula is C16H16ClNO2. The fourth-order valence-corrected chi connectivity index (χ4v) is 2.01. The standard InChI is InChI=1S/C16H16ClNO2/c1-12-6-2-5-9-15(12)20-11-10-18-16(19)13-7-3-4-8-14(13)17/h2-9H,10-11H2,1H3,(H,18,19). The van der Waals surface area contributed by atoms with Crippen molar-refractivity contribution in [2.24, 2.45) is 0 Å². The predicted octanol–water partition coefficient (Wildman–Crippen LogP) is 3.46. The Labute approximate surface area is 123 Å². The summed E-state index contributed by atoms with van der Waals surface area (Å²) in [5.74, 6) is 0.642. The Morgan fingerprint density at radius 3 is 2.60 bits per heavy atom. The SMILES string of the molecule is Cc1ccccc1OCCNC(=O)c1ccccc1Cl. The number of carbonyl (C=O) groups excluding carboxylic acids is 1. The topological polar surface area (TPSA) is 38.3 Å². The van der Waals surface area contributed by atoms with Crippen LogP contribution in [0.1, 0.15) is 15.9 Å². The summed E-state index contributed by atoms with van der Waals surface area (Å²) in [6, 6.07) is 14.7. The van der Waals surface area contributed by atoms with Crippen molar-refractivity contribution in [3.05, 3.63) is 64.7 Å². The number of hydrogen-bond donors (Lipinski definition) is 1. The van der Waals surface area contributed by atoms with E-state index in [-0.39, 0.29) is 5.91 Å². The minimum atomic E-state index is -0.191. The number of carbonyl (C=O) groups is 1. The molecule has 0 fully saturated rings. The van der Waals surface area contributed by atoms with Gasteiger partial charge in [-0.25, -0.2) is 0 Å². The number of aryl methyl sites for hydroxylation is 1. The molecule has 0 radical (unpaired) electrons. The Balaban J connectivity index is 1.81. The first-order valence-corrected chi connectivity index (χ1v) is 6.77. The second-order valence-electron chi connectivity index (χ2n) is 4.35. The van der Waals surface area contributed by atoms with Crippen LogP contribution in [0.5, 0.6) is 5.75 Å². The fourth-order valence-electron chi connectivity index (χ4n) is 1.78. The van der Waals surface area contributed by atoms with E-state index in [0.29, 0.717) is 23.7 Å². The van der Waals surface area contributed by atoms with Gasteiger partial charge in [-0.15, -0.1) is 0 Å². The first-order valence-electron chi connectivity index (χ1n) is 6.39. The molecule has 0 aliphatic heterocycles. The van der Waals surface area contributed by atoms with Gasteiger partial charge in [0.25, 0.3) is 5.91 Å². The zero-order valence-corrected chi connectivity index (χ0v) is 12.0. The van der Waals surface area contributed by atoms with Gasteiger partial charge in [-0.2, -0.15) is 0 Å². The number of benzene rings is 2. The van der Waals surface area contributed by atoms with E-state index < -0.39 is 0 Å². The third-order valence-electron chi connectivity index (χ3n) is 2.86. The molecule has 0 unspecified atom stereocenters. The molecule has 1 amide bonds. The van der Waals surface area contributed by atoms with E-state index in [1.165, 1.54) is 0 Å². The highest BCUT2D eigenvalue weighted by atomic mass is 35.5. The third-order valence-corrected chi connectivity index (χ3v) is 3.19. The molecule has 0 aliphatic carbocycles. The number of ether oxygens (including phenoxy) is 1. The van der Waals surface area contributed by atoms with E-state index in [1.54, 1.807) is 24.3 Å². The van der Waals surface area contributed by atoms with Gasteiger partial charge < -0.3 is 10.1 Å². The largest absolute Gasteiger partial charge is 0.491 e. The van der Waals surface area contributed by atoms with Gasteiger partial charge in [0.1, 0.15) is 12.4 Å². The second kappa shape index (κ2) is 6.96. The summed E-state index contributed by atoms with van der Waals surface area (Å²) < 4.78 is 5.61. The van der Waals surface area contributed by atoms with Crippen LogP contribution in [0.2, 0.25) is 5.02 Å². The number of amides is 1. The minimum absolute atomic E-state index is 0.191. The van der Waals surface area contributed by atoms with Gasteiger partial charge in [-0.3, -0.25) is 4.79 Å². The van der Waals surface area contributed by atoms with Crippen LogP contribution in [-0.2, 0) is 0 Å². The van der Waals surface area contributed by atoms with Gasteiger partial charge in [-0.1, -0.05) is 41.9 Å². The average Bonchev–Trinajstić information content (AvgIpc) is 2.45. The molecule has 0 saturated heterocycles. The summed E-state index contributed by atoms with van der Waals surface area (Å²) in [5.41, 5.74) is 1.55. The molecule has 0 spiro atoms. The maximum atomic E-state index is 11.9. The van der Waals surface area contributed by atoms with Crippen LogP contribution < -0.4 is 10.1 Å². The van der Waals surface area contributed by atoms with E-state index in [9.17, 15) is 4.79 Å². The van der Waals surface area contributed by atoms with Crippen molar-refractivity contribution in [3.63, 3.8) is 0 Å². The van der Waals surface area contributed by atoms with Gasteiger partial charge in [0.2, 0.25) is 0 Å². The van der Waals surface area contributed by atoms with Gasteiger partial charge >= 0.3 is 0 Å². The van der Waals surface area contributed by atoms with Crippen LogP contribution >= 0.6 is 11.6 Å². The molecule has 0 saturated carbocycles. The van der Waals surface area contributed by atoms with Gasteiger partial charge in [-0.05, 0) is 30.7 Å². The lowest BCUT2D eigenvalue weighted by Gasteiger charge is -2.10. The summed E-state index contributed by atoms with van der Waals surface area (Å²) in [6.45, 7) is 2.83. The highest BCUT2D eigenvalue weighted by Crippen LogP contribution is 2.16. The first kappa shape index (κ1) is 14.4. The van der Waals surface area contributed by atoms with Crippen LogP contribution in [0.3, 0.4) is 0 Å². The lowest BCUT2D eigenvalue weighted by atomic mass is 10.2. The molecule has 3 nitrogen and oxygen atoms in total. The smallest absolute Gasteiger partial charge is 0.252 e. The van der Waals surface area contributed by atoms with Crippen molar-refractivity contribution in [1.29, 1.82) is 0 Å². The number of halogens is 1. The van der Waals surface area contributed by atoms with E-state index in [1.807, 2.05) is 31.2 Å². The molecule has 2 aromatic rings. The molecule has 2 aromatic carbocycles. The van der Waals surface area contributed by atoms with Crippen molar-refractivity contribution in [2.75, 3.05) is 13.2 Å². The van der Waals surface area contributed by atoms with Gasteiger partial charge in [0.05, 0.1) is 17.1 Å². The molecule has 4 heteroatoms. The van der Waals surface area contributed by atoms with E-state index in [2.05, 4.69) is 5.32 Å². The lowest BCUT2D eigenvalue weighted by Crippen LogP contribution is -2.28. The highest BCUT2D eigenvalue weighted by molar-refractivity contribution is 6.33. The fraction of sp³-hybridized carbons (Fsp3) is 0.188. The third kappa shape index (κ3) is 3.75. The van der Waals surface area contributed by atoms with E-state index >= 15 is 0 Å². The molecule has 0 bridgehead atoms. The normalized spacial score (nSPS) is 10.1.